The third-order valence-electron chi connectivity index (χ3n) is 3.17. The quantitative estimate of drug-likeness (QED) is 0.936. The first-order valence-electron chi connectivity index (χ1n) is 6.26. The Morgan fingerprint density at radius 2 is 2.11 bits per heavy atom. The molecule has 0 fully saturated rings. The SMILES string of the molecule is CCn1nc(C)c(Br)c1CC(N)c1ccccc1F. The van der Waals surface area contributed by atoms with Crippen LogP contribution in [0.3, 0.4) is 0 Å². The number of nitrogens with two attached hydrogens (primary N) is 1. The van der Waals surface area contributed by atoms with Gasteiger partial charge in [0.1, 0.15) is 5.82 Å². The lowest BCUT2D eigenvalue weighted by Gasteiger charge is -2.14. The van der Waals surface area contributed by atoms with E-state index in [1.807, 2.05) is 18.5 Å². The van der Waals surface area contributed by atoms with Crippen molar-refractivity contribution in [1.82, 2.24) is 9.78 Å². The van der Waals surface area contributed by atoms with E-state index in [-0.39, 0.29) is 11.9 Å². The first kappa shape index (κ1) is 14.2. The molecule has 2 rings (SSSR count). The number of nitrogens with zero attached hydrogens (tertiary/aromatic N) is 2. The summed E-state index contributed by atoms with van der Waals surface area (Å²) in [6, 6.07) is 6.26. The van der Waals surface area contributed by atoms with E-state index < -0.39 is 0 Å². The van der Waals surface area contributed by atoms with Crippen LogP contribution in [0.15, 0.2) is 28.7 Å². The second kappa shape index (κ2) is 5.84. The molecule has 0 radical (unpaired) electrons. The summed E-state index contributed by atoms with van der Waals surface area (Å²) >= 11 is 3.53. The molecule has 0 aliphatic heterocycles. The number of aryl methyl sites for hydroxylation is 2. The molecular formula is C14H17BrFN3. The molecule has 0 aliphatic rings. The van der Waals surface area contributed by atoms with Gasteiger partial charge in [-0.15, -0.1) is 0 Å². The average Bonchev–Trinajstić information content (AvgIpc) is 2.67. The van der Waals surface area contributed by atoms with Crippen molar-refractivity contribution < 1.29 is 4.39 Å². The van der Waals surface area contributed by atoms with Gasteiger partial charge in [-0.1, -0.05) is 18.2 Å². The molecule has 0 amide bonds. The summed E-state index contributed by atoms with van der Waals surface area (Å²) < 4.78 is 16.6. The van der Waals surface area contributed by atoms with Crippen molar-refractivity contribution in [3.63, 3.8) is 0 Å². The zero-order valence-corrected chi connectivity index (χ0v) is 12.6. The third kappa shape index (κ3) is 2.87. The van der Waals surface area contributed by atoms with Crippen molar-refractivity contribution in [3.8, 4) is 0 Å². The van der Waals surface area contributed by atoms with E-state index >= 15 is 0 Å². The molecule has 1 unspecified atom stereocenters. The Bertz CT molecular complexity index is 580. The number of benzene rings is 1. The minimum Gasteiger partial charge on any atom is -0.324 e. The molecule has 0 saturated heterocycles. The van der Waals surface area contributed by atoms with Crippen molar-refractivity contribution in [2.24, 2.45) is 5.73 Å². The fraction of sp³-hybridized carbons (Fsp3) is 0.357. The first-order valence-corrected chi connectivity index (χ1v) is 7.05. The van der Waals surface area contributed by atoms with Gasteiger partial charge in [0.2, 0.25) is 0 Å². The molecule has 5 heteroatoms. The van der Waals surface area contributed by atoms with Crippen LogP contribution in [0.4, 0.5) is 4.39 Å². The van der Waals surface area contributed by atoms with Crippen LogP contribution < -0.4 is 5.73 Å². The molecule has 0 spiro atoms. The van der Waals surface area contributed by atoms with Gasteiger partial charge in [0, 0.05) is 24.6 Å². The van der Waals surface area contributed by atoms with Crippen LogP contribution >= 0.6 is 15.9 Å². The predicted octanol–water partition coefficient (Wildman–Crippen LogP) is 3.36. The van der Waals surface area contributed by atoms with E-state index in [4.69, 9.17) is 5.73 Å². The predicted molar refractivity (Wildman–Crippen MR) is 77.4 cm³/mol. The number of rotatable bonds is 4. The highest BCUT2D eigenvalue weighted by Crippen LogP contribution is 2.26. The highest BCUT2D eigenvalue weighted by molar-refractivity contribution is 9.10. The summed E-state index contributed by atoms with van der Waals surface area (Å²) in [4.78, 5) is 0. The van der Waals surface area contributed by atoms with Gasteiger partial charge in [-0.05, 0) is 35.8 Å². The van der Waals surface area contributed by atoms with Gasteiger partial charge >= 0.3 is 0 Å². The number of aromatic nitrogens is 2. The van der Waals surface area contributed by atoms with E-state index in [0.29, 0.717) is 12.0 Å². The molecule has 0 saturated carbocycles. The summed E-state index contributed by atoms with van der Waals surface area (Å²) in [6.07, 6.45) is 0.552. The Hall–Kier alpha value is -1.20. The highest BCUT2D eigenvalue weighted by Gasteiger charge is 2.18. The molecule has 3 nitrogen and oxygen atoms in total. The van der Waals surface area contributed by atoms with Gasteiger partial charge in [0.05, 0.1) is 15.9 Å². The van der Waals surface area contributed by atoms with Gasteiger partial charge < -0.3 is 5.73 Å². The first-order chi connectivity index (χ1) is 9.04. The van der Waals surface area contributed by atoms with Crippen LogP contribution in [0.5, 0.6) is 0 Å². The lowest BCUT2D eigenvalue weighted by atomic mass is 10.0. The fourth-order valence-electron chi connectivity index (χ4n) is 2.16. The molecule has 1 aromatic heterocycles. The lowest BCUT2D eigenvalue weighted by Crippen LogP contribution is -2.17. The normalized spacial score (nSPS) is 12.7. The zero-order chi connectivity index (χ0) is 14.0. The van der Waals surface area contributed by atoms with Crippen LogP contribution in [-0.4, -0.2) is 9.78 Å². The van der Waals surface area contributed by atoms with Gasteiger partial charge in [0.15, 0.2) is 0 Å². The van der Waals surface area contributed by atoms with E-state index in [2.05, 4.69) is 21.0 Å². The Balaban J connectivity index is 2.29. The van der Waals surface area contributed by atoms with Crippen LogP contribution in [0.25, 0.3) is 0 Å². The zero-order valence-electron chi connectivity index (χ0n) is 11.0. The van der Waals surface area contributed by atoms with Crippen molar-refractivity contribution in [1.29, 1.82) is 0 Å². The highest BCUT2D eigenvalue weighted by atomic mass is 79.9. The van der Waals surface area contributed by atoms with Crippen molar-refractivity contribution in [2.75, 3.05) is 0 Å². The molecule has 2 N–H and O–H groups in total. The summed E-state index contributed by atoms with van der Waals surface area (Å²) in [5, 5.41) is 4.42. The van der Waals surface area contributed by atoms with Gasteiger partial charge in [-0.3, -0.25) is 4.68 Å². The van der Waals surface area contributed by atoms with Crippen LogP contribution in [0.2, 0.25) is 0 Å². The maximum absolute atomic E-state index is 13.7. The van der Waals surface area contributed by atoms with Crippen LogP contribution in [-0.2, 0) is 13.0 Å². The summed E-state index contributed by atoms with van der Waals surface area (Å²) in [5.74, 6) is -0.259. The topological polar surface area (TPSA) is 43.8 Å². The van der Waals surface area contributed by atoms with Crippen LogP contribution in [0.1, 0.15) is 29.9 Å². The van der Waals surface area contributed by atoms with E-state index in [9.17, 15) is 4.39 Å². The van der Waals surface area contributed by atoms with Gasteiger partial charge in [-0.2, -0.15) is 5.10 Å². The summed E-state index contributed by atoms with van der Waals surface area (Å²) in [6.45, 7) is 4.73. The summed E-state index contributed by atoms with van der Waals surface area (Å²) in [5.41, 5.74) is 8.60. The number of hydrogen-bond acceptors (Lipinski definition) is 2. The van der Waals surface area contributed by atoms with Crippen molar-refractivity contribution in [2.45, 2.75) is 32.9 Å². The average molecular weight is 326 g/mol. The fourth-order valence-corrected chi connectivity index (χ4v) is 2.60. The smallest absolute Gasteiger partial charge is 0.127 e. The molecule has 0 aliphatic carbocycles. The molecular weight excluding hydrogens is 309 g/mol. The van der Waals surface area contributed by atoms with Crippen molar-refractivity contribution >= 4 is 15.9 Å². The maximum Gasteiger partial charge on any atom is 0.127 e. The Morgan fingerprint density at radius 1 is 1.42 bits per heavy atom. The van der Waals surface area contributed by atoms with Crippen molar-refractivity contribution in [3.05, 3.63) is 51.5 Å². The Labute approximate surface area is 120 Å². The van der Waals surface area contributed by atoms with E-state index in [1.54, 1.807) is 18.2 Å². The third-order valence-corrected chi connectivity index (χ3v) is 4.20. The van der Waals surface area contributed by atoms with Crippen LogP contribution in [0, 0.1) is 12.7 Å². The molecule has 19 heavy (non-hydrogen) atoms. The Morgan fingerprint density at radius 3 is 2.74 bits per heavy atom. The Kier molecular flexibility index (Phi) is 4.37. The molecule has 0 bridgehead atoms. The van der Waals surface area contributed by atoms with Gasteiger partial charge in [0.25, 0.3) is 0 Å². The maximum atomic E-state index is 13.7. The monoisotopic (exact) mass is 325 g/mol. The molecule has 1 heterocycles. The number of halogens is 2. The summed E-state index contributed by atoms with van der Waals surface area (Å²) in [7, 11) is 0. The minimum atomic E-state index is -0.376. The largest absolute Gasteiger partial charge is 0.324 e. The minimum absolute atomic E-state index is 0.259. The van der Waals surface area contributed by atoms with E-state index in [0.717, 1.165) is 22.4 Å². The second-order valence-electron chi connectivity index (χ2n) is 4.49. The van der Waals surface area contributed by atoms with E-state index in [1.165, 1.54) is 6.07 Å². The number of hydrogen-bond donors (Lipinski definition) is 1. The standard InChI is InChI=1S/C14H17BrFN3/c1-3-19-13(14(15)9(2)18-19)8-12(17)10-6-4-5-7-11(10)16/h4-7,12H,3,8,17H2,1-2H3. The molecule has 102 valence electrons. The lowest BCUT2D eigenvalue weighted by molar-refractivity contribution is 0.555. The second-order valence-corrected chi connectivity index (χ2v) is 5.29. The molecule has 1 aromatic carbocycles. The van der Waals surface area contributed by atoms with Gasteiger partial charge in [-0.25, -0.2) is 4.39 Å². The molecule has 1 atom stereocenters. The molecule has 2 aromatic rings.